The molecule has 4 nitrogen and oxygen atoms in total. The Morgan fingerprint density at radius 3 is 2.30 bits per heavy atom. The van der Waals surface area contributed by atoms with Crippen molar-refractivity contribution in [3.05, 3.63) is 70.8 Å². The summed E-state index contributed by atoms with van der Waals surface area (Å²) in [7, 11) is 0. The molecule has 2 amide bonds. The SMILES string of the molecule is Cc1ccc(C(NC(=O)c2cccc(C(F)(F)F)c2)C(=O)NC2CCCCC2)cc1. The standard InChI is InChI=1S/C23H25F3N2O2/c1-15-10-12-16(13-11-15)20(22(30)27-19-8-3-2-4-9-19)28-21(29)17-6-5-7-18(14-17)23(24,25)26/h5-7,10-14,19-20H,2-4,8-9H2,1H3,(H,27,30)(H,28,29). The molecule has 0 aliphatic heterocycles. The first-order chi connectivity index (χ1) is 14.2. The minimum Gasteiger partial charge on any atom is -0.351 e. The monoisotopic (exact) mass is 418 g/mol. The van der Waals surface area contributed by atoms with Crippen molar-refractivity contribution in [2.75, 3.05) is 0 Å². The number of amides is 2. The fourth-order valence-corrected chi connectivity index (χ4v) is 3.64. The molecule has 3 rings (SSSR count). The zero-order chi connectivity index (χ0) is 21.7. The van der Waals surface area contributed by atoms with Gasteiger partial charge in [-0.2, -0.15) is 13.2 Å². The fraction of sp³-hybridized carbons (Fsp3) is 0.391. The number of hydrogen-bond acceptors (Lipinski definition) is 2. The summed E-state index contributed by atoms with van der Waals surface area (Å²) in [6, 6.07) is 10.4. The van der Waals surface area contributed by atoms with Gasteiger partial charge in [-0.1, -0.05) is 55.2 Å². The molecule has 2 aromatic carbocycles. The molecule has 0 heterocycles. The molecule has 1 atom stereocenters. The largest absolute Gasteiger partial charge is 0.416 e. The highest BCUT2D eigenvalue weighted by Crippen LogP contribution is 2.29. The zero-order valence-electron chi connectivity index (χ0n) is 16.8. The first kappa shape index (κ1) is 21.9. The third-order valence-electron chi connectivity index (χ3n) is 5.35. The van der Waals surface area contributed by atoms with Crippen molar-refractivity contribution in [3.8, 4) is 0 Å². The van der Waals surface area contributed by atoms with Gasteiger partial charge in [0.1, 0.15) is 6.04 Å². The average molecular weight is 418 g/mol. The second kappa shape index (κ2) is 9.32. The maximum atomic E-state index is 13.0. The number of nitrogens with one attached hydrogen (secondary N) is 2. The number of alkyl halides is 3. The summed E-state index contributed by atoms with van der Waals surface area (Å²) in [6.45, 7) is 1.90. The lowest BCUT2D eigenvalue weighted by molar-refractivity contribution is -0.137. The molecule has 2 aromatic rings. The molecule has 1 saturated carbocycles. The third kappa shape index (κ3) is 5.62. The van der Waals surface area contributed by atoms with E-state index in [1.807, 2.05) is 19.1 Å². The molecule has 0 aromatic heterocycles. The summed E-state index contributed by atoms with van der Waals surface area (Å²) in [5, 5.41) is 5.61. The molecule has 0 saturated heterocycles. The van der Waals surface area contributed by atoms with Crippen molar-refractivity contribution >= 4 is 11.8 Å². The molecule has 0 radical (unpaired) electrons. The Morgan fingerprint density at radius 1 is 1.00 bits per heavy atom. The van der Waals surface area contributed by atoms with Crippen LogP contribution in [0.4, 0.5) is 13.2 Å². The predicted octanol–water partition coefficient (Wildman–Crippen LogP) is 4.93. The fourth-order valence-electron chi connectivity index (χ4n) is 3.64. The molecule has 7 heteroatoms. The quantitative estimate of drug-likeness (QED) is 0.723. The van der Waals surface area contributed by atoms with Gasteiger partial charge in [-0.05, 0) is 43.5 Å². The Hall–Kier alpha value is -2.83. The topological polar surface area (TPSA) is 58.2 Å². The van der Waals surface area contributed by atoms with E-state index >= 15 is 0 Å². The molecule has 1 aliphatic rings. The predicted molar refractivity (Wildman–Crippen MR) is 108 cm³/mol. The first-order valence-corrected chi connectivity index (χ1v) is 10.1. The second-order valence-corrected chi connectivity index (χ2v) is 7.74. The molecular weight excluding hydrogens is 393 g/mol. The summed E-state index contributed by atoms with van der Waals surface area (Å²) in [5.41, 5.74) is 0.518. The van der Waals surface area contributed by atoms with E-state index in [4.69, 9.17) is 0 Å². The van der Waals surface area contributed by atoms with Crippen molar-refractivity contribution in [1.82, 2.24) is 10.6 Å². The van der Waals surface area contributed by atoms with Crippen LogP contribution >= 0.6 is 0 Å². The van der Waals surface area contributed by atoms with Gasteiger partial charge in [-0.25, -0.2) is 0 Å². The maximum absolute atomic E-state index is 13.0. The van der Waals surface area contributed by atoms with Crippen molar-refractivity contribution in [3.63, 3.8) is 0 Å². The molecule has 1 aliphatic carbocycles. The number of aryl methyl sites for hydroxylation is 1. The van der Waals surface area contributed by atoms with Crippen LogP contribution in [0.1, 0.15) is 65.2 Å². The van der Waals surface area contributed by atoms with Crippen LogP contribution in [0.5, 0.6) is 0 Å². The van der Waals surface area contributed by atoms with Crippen LogP contribution in [0.15, 0.2) is 48.5 Å². The van der Waals surface area contributed by atoms with Crippen LogP contribution < -0.4 is 10.6 Å². The Bertz CT molecular complexity index is 888. The van der Waals surface area contributed by atoms with Gasteiger partial charge in [0.25, 0.3) is 5.91 Å². The zero-order valence-corrected chi connectivity index (χ0v) is 16.8. The number of carbonyl (C=O) groups is 2. The van der Waals surface area contributed by atoms with E-state index in [1.165, 1.54) is 12.1 Å². The number of hydrogen-bond donors (Lipinski definition) is 2. The van der Waals surface area contributed by atoms with Crippen LogP contribution in [0.3, 0.4) is 0 Å². The second-order valence-electron chi connectivity index (χ2n) is 7.74. The number of rotatable bonds is 5. The lowest BCUT2D eigenvalue weighted by Gasteiger charge is -2.26. The van der Waals surface area contributed by atoms with Crippen molar-refractivity contribution < 1.29 is 22.8 Å². The lowest BCUT2D eigenvalue weighted by atomic mass is 9.94. The minimum atomic E-state index is -4.55. The highest BCUT2D eigenvalue weighted by atomic mass is 19.4. The van der Waals surface area contributed by atoms with E-state index in [9.17, 15) is 22.8 Å². The van der Waals surface area contributed by atoms with Gasteiger partial charge in [0.2, 0.25) is 5.91 Å². The molecule has 1 fully saturated rings. The number of halogens is 3. The van der Waals surface area contributed by atoms with E-state index in [-0.39, 0.29) is 17.5 Å². The van der Waals surface area contributed by atoms with E-state index in [0.29, 0.717) is 5.56 Å². The normalized spacial score (nSPS) is 16.0. The maximum Gasteiger partial charge on any atom is 0.416 e. The van der Waals surface area contributed by atoms with Gasteiger partial charge in [0.15, 0.2) is 0 Å². The van der Waals surface area contributed by atoms with Crippen LogP contribution in [0.2, 0.25) is 0 Å². The Balaban J connectivity index is 1.82. The number of carbonyl (C=O) groups excluding carboxylic acids is 2. The smallest absolute Gasteiger partial charge is 0.351 e. The highest BCUT2D eigenvalue weighted by molar-refractivity contribution is 5.98. The third-order valence-corrected chi connectivity index (χ3v) is 5.35. The molecule has 160 valence electrons. The minimum absolute atomic E-state index is 0.0460. The highest BCUT2D eigenvalue weighted by Gasteiger charge is 2.31. The molecular formula is C23H25F3N2O2. The van der Waals surface area contributed by atoms with Crippen molar-refractivity contribution in [2.45, 2.75) is 57.3 Å². The molecule has 1 unspecified atom stereocenters. The summed E-state index contributed by atoms with van der Waals surface area (Å²) >= 11 is 0. The van der Waals surface area contributed by atoms with Crippen molar-refractivity contribution in [2.24, 2.45) is 0 Å². The molecule has 0 bridgehead atoms. The molecule has 2 N–H and O–H groups in total. The lowest BCUT2D eigenvalue weighted by Crippen LogP contribution is -2.45. The Labute approximate surface area is 173 Å². The van der Waals surface area contributed by atoms with Crippen molar-refractivity contribution in [1.29, 1.82) is 0 Å². The van der Waals surface area contributed by atoms with E-state index < -0.39 is 23.7 Å². The van der Waals surface area contributed by atoms with Gasteiger partial charge in [0, 0.05) is 11.6 Å². The summed E-state index contributed by atoms with van der Waals surface area (Å²) in [6.07, 6.45) is 0.431. The van der Waals surface area contributed by atoms with E-state index in [2.05, 4.69) is 10.6 Å². The Morgan fingerprint density at radius 2 is 1.67 bits per heavy atom. The first-order valence-electron chi connectivity index (χ1n) is 10.1. The molecule has 30 heavy (non-hydrogen) atoms. The number of benzene rings is 2. The Kier molecular flexibility index (Phi) is 6.80. The van der Waals surface area contributed by atoms with Gasteiger partial charge in [0.05, 0.1) is 5.56 Å². The van der Waals surface area contributed by atoms with Gasteiger partial charge >= 0.3 is 6.18 Å². The molecule has 0 spiro atoms. The van der Waals surface area contributed by atoms with Gasteiger partial charge in [-0.15, -0.1) is 0 Å². The van der Waals surface area contributed by atoms with E-state index in [0.717, 1.165) is 49.8 Å². The van der Waals surface area contributed by atoms with E-state index in [1.54, 1.807) is 12.1 Å². The van der Waals surface area contributed by atoms with Crippen LogP contribution in [-0.2, 0) is 11.0 Å². The van der Waals surface area contributed by atoms with Gasteiger partial charge in [-0.3, -0.25) is 9.59 Å². The average Bonchev–Trinajstić information content (AvgIpc) is 2.73. The van der Waals surface area contributed by atoms with Crippen LogP contribution in [0.25, 0.3) is 0 Å². The van der Waals surface area contributed by atoms with Gasteiger partial charge < -0.3 is 10.6 Å². The summed E-state index contributed by atoms with van der Waals surface area (Å²) < 4.78 is 39.0. The summed E-state index contributed by atoms with van der Waals surface area (Å²) in [4.78, 5) is 25.7. The van der Waals surface area contributed by atoms with Crippen LogP contribution in [-0.4, -0.2) is 17.9 Å². The van der Waals surface area contributed by atoms with Crippen LogP contribution in [0, 0.1) is 6.92 Å². The summed E-state index contributed by atoms with van der Waals surface area (Å²) in [5.74, 6) is -1.09.